The van der Waals surface area contributed by atoms with Crippen LogP contribution in [0.1, 0.15) is 45.4 Å². The van der Waals surface area contributed by atoms with E-state index in [4.69, 9.17) is 10.00 Å². The van der Waals surface area contributed by atoms with Gasteiger partial charge in [0.1, 0.15) is 6.61 Å². The fourth-order valence-electron chi connectivity index (χ4n) is 1.25. The standard InChI is InChI=1S/C10H21O6P/c1-2-3-4-5-6-7-8-15-17(13,14)16-10(12)9-11/h11H,2-9H2,1H3,(H,13,14). The number of carbonyl (C=O) groups is 1. The lowest BCUT2D eigenvalue weighted by molar-refractivity contribution is -0.139. The van der Waals surface area contributed by atoms with Gasteiger partial charge in [-0.1, -0.05) is 39.0 Å². The third-order valence-electron chi connectivity index (χ3n) is 2.10. The van der Waals surface area contributed by atoms with E-state index in [-0.39, 0.29) is 6.61 Å². The molecule has 0 aliphatic heterocycles. The Labute approximate surface area is 102 Å². The summed E-state index contributed by atoms with van der Waals surface area (Å²) in [6.07, 6.45) is 6.11. The molecular weight excluding hydrogens is 247 g/mol. The lowest BCUT2D eigenvalue weighted by Crippen LogP contribution is -2.08. The summed E-state index contributed by atoms with van der Waals surface area (Å²) in [5.41, 5.74) is 0. The zero-order valence-corrected chi connectivity index (χ0v) is 11.0. The Bertz CT molecular complexity index is 255. The molecule has 0 saturated heterocycles. The van der Waals surface area contributed by atoms with Crippen molar-refractivity contribution in [2.45, 2.75) is 45.4 Å². The third-order valence-corrected chi connectivity index (χ3v) is 3.04. The van der Waals surface area contributed by atoms with Crippen LogP contribution in [0.4, 0.5) is 0 Å². The Morgan fingerprint density at radius 1 is 1.18 bits per heavy atom. The number of phosphoric acid groups is 1. The number of aliphatic hydroxyl groups is 1. The first kappa shape index (κ1) is 16.6. The van der Waals surface area contributed by atoms with Gasteiger partial charge in [0.25, 0.3) is 0 Å². The molecule has 0 aliphatic rings. The first-order valence-electron chi connectivity index (χ1n) is 5.82. The first-order valence-corrected chi connectivity index (χ1v) is 7.32. The number of rotatable bonds is 10. The summed E-state index contributed by atoms with van der Waals surface area (Å²) >= 11 is 0. The molecule has 0 radical (unpaired) electrons. The normalized spacial score (nSPS) is 14.3. The highest BCUT2D eigenvalue weighted by atomic mass is 31.2. The fourth-order valence-corrected chi connectivity index (χ4v) is 1.97. The van der Waals surface area contributed by atoms with Gasteiger partial charge < -0.3 is 9.63 Å². The van der Waals surface area contributed by atoms with Crippen molar-refractivity contribution in [2.75, 3.05) is 13.2 Å². The summed E-state index contributed by atoms with van der Waals surface area (Å²) in [7, 11) is -4.34. The van der Waals surface area contributed by atoms with Gasteiger partial charge in [-0.05, 0) is 6.42 Å². The number of unbranched alkanes of at least 4 members (excludes halogenated alkanes) is 5. The van der Waals surface area contributed by atoms with Gasteiger partial charge >= 0.3 is 13.8 Å². The molecule has 0 aromatic carbocycles. The van der Waals surface area contributed by atoms with Crippen LogP contribution in [0.5, 0.6) is 0 Å². The average Bonchev–Trinajstić information content (AvgIpc) is 2.27. The van der Waals surface area contributed by atoms with Crippen molar-refractivity contribution in [3.8, 4) is 0 Å². The molecule has 0 spiro atoms. The number of phosphoric ester groups is 1. The highest BCUT2D eigenvalue weighted by molar-refractivity contribution is 7.48. The largest absolute Gasteiger partial charge is 0.529 e. The van der Waals surface area contributed by atoms with Crippen LogP contribution in [-0.2, 0) is 18.4 Å². The summed E-state index contributed by atoms with van der Waals surface area (Å²) < 4.78 is 19.7. The molecule has 2 N–H and O–H groups in total. The molecule has 7 heteroatoms. The Hall–Kier alpha value is -0.420. The molecule has 0 aromatic rings. The molecule has 0 aromatic heterocycles. The predicted molar refractivity (Wildman–Crippen MR) is 62.3 cm³/mol. The quantitative estimate of drug-likeness (QED) is 0.465. The third kappa shape index (κ3) is 10.5. The minimum atomic E-state index is -4.34. The monoisotopic (exact) mass is 268 g/mol. The maximum atomic E-state index is 11.1. The van der Waals surface area contributed by atoms with E-state index in [9.17, 15) is 9.36 Å². The first-order chi connectivity index (χ1) is 8.02. The van der Waals surface area contributed by atoms with Gasteiger partial charge in [0.2, 0.25) is 0 Å². The van der Waals surface area contributed by atoms with Crippen LogP contribution in [0.2, 0.25) is 0 Å². The zero-order valence-electron chi connectivity index (χ0n) is 10.1. The van der Waals surface area contributed by atoms with Crippen molar-refractivity contribution in [3.63, 3.8) is 0 Å². The molecule has 0 fully saturated rings. The van der Waals surface area contributed by atoms with Crippen LogP contribution >= 0.6 is 7.82 Å². The zero-order chi connectivity index (χ0) is 13.1. The van der Waals surface area contributed by atoms with Crippen LogP contribution in [0, 0.1) is 0 Å². The Kier molecular flexibility index (Phi) is 9.36. The van der Waals surface area contributed by atoms with E-state index >= 15 is 0 Å². The summed E-state index contributed by atoms with van der Waals surface area (Å²) in [4.78, 5) is 19.6. The van der Waals surface area contributed by atoms with Crippen molar-refractivity contribution >= 4 is 13.8 Å². The van der Waals surface area contributed by atoms with Gasteiger partial charge in [-0.15, -0.1) is 0 Å². The number of aliphatic hydroxyl groups excluding tert-OH is 1. The van der Waals surface area contributed by atoms with E-state index in [0.717, 1.165) is 19.3 Å². The Balaban J connectivity index is 3.52. The van der Waals surface area contributed by atoms with Crippen molar-refractivity contribution in [2.24, 2.45) is 0 Å². The molecule has 0 rings (SSSR count). The summed E-state index contributed by atoms with van der Waals surface area (Å²) in [6, 6.07) is 0. The van der Waals surface area contributed by atoms with Crippen LogP contribution in [0.25, 0.3) is 0 Å². The van der Waals surface area contributed by atoms with Gasteiger partial charge in [0.15, 0.2) is 0 Å². The smallest absolute Gasteiger partial charge is 0.385 e. The molecule has 17 heavy (non-hydrogen) atoms. The molecular formula is C10H21O6P. The van der Waals surface area contributed by atoms with Gasteiger partial charge in [0, 0.05) is 0 Å². The number of hydrogen-bond acceptors (Lipinski definition) is 5. The summed E-state index contributed by atoms with van der Waals surface area (Å²) in [6.45, 7) is 1.25. The number of carbonyl (C=O) groups excluding carboxylic acids is 1. The van der Waals surface area contributed by atoms with Gasteiger partial charge in [-0.25, -0.2) is 9.36 Å². The Morgan fingerprint density at radius 3 is 2.35 bits per heavy atom. The topological polar surface area (TPSA) is 93.1 Å². The highest BCUT2D eigenvalue weighted by Gasteiger charge is 2.25. The molecule has 1 unspecified atom stereocenters. The van der Waals surface area contributed by atoms with Gasteiger partial charge in [-0.3, -0.25) is 9.42 Å². The lowest BCUT2D eigenvalue weighted by Gasteiger charge is -2.10. The lowest BCUT2D eigenvalue weighted by atomic mass is 10.1. The molecule has 0 amide bonds. The maximum absolute atomic E-state index is 11.1. The highest BCUT2D eigenvalue weighted by Crippen LogP contribution is 2.43. The molecule has 6 nitrogen and oxygen atoms in total. The second-order valence-electron chi connectivity index (χ2n) is 3.69. The van der Waals surface area contributed by atoms with E-state index in [1.165, 1.54) is 12.8 Å². The SMILES string of the molecule is CCCCCCCCOP(=O)(O)OC(=O)CO. The van der Waals surface area contributed by atoms with Crippen molar-refractivity contribution in [1.29, 1.82) is 0 Å². The molecule has 0 aliphatic carbocycles. The van der Waals surface area contributed by atoms with Crippen molar-refractivity contribution in [1.82, 2.24) is 0 Å². The minimum Gasteiger partial charge on any atom is -0.385 e. The Morgan fingerprint density at radius 2 is 1.76 bits per heavy atom. The molecule has 0 bridgehead atoms. The van der Waals surface area contributed by atoms with E-state index < -0.39 is 20.4 Å². The molecule has 1 atom stereocenters. The number of hydrogen-bond donors (Lipinski definition) is 2. The fraction of sp³-hybridized carbons (Fsp3) is 0.900. The average molecular weight is 268 g/mol. The minimum absolute atomic E-state index is 0.0681. The van der Waals surface area contributed by atoms with Crippen LogP contribution < -0.4 is 0 Å². The van der Waals surface area contributed by atoms with Crippen LogP contribution in [-0.4, -0.2) is 29.2 Å². The van der Waals surface area contributed by atoms with Crippen LogP contribution in [0.15, 0.2) is 0 Å². The van der Waals surface area contributed by atoms with Gasteiger partial charge in [0.05, 0.1) is 6.61 Å². The van der Waals surface area contributed by atoms with E-state index in [0.29, 0.717) is 6.42 Å². The maximum Gasteiger partial charge on any atom is 0.529 e. The van der Waals surface area contributed by atoms with Crippen LogP contribution in [0.3, 0.4) is 0 Å². The van der Waals surface area contributed by atoms with Gasteiger partial charge in [-0.2, -0.15) is 0 Å². The van der Waals surface area contributed by atoms with E-state index in [2.05, 4.69) is 16.0 Å². The second-order valence-corrected chi connectivity index (χ2v) is 5.07. The second kappa shape index (κ2) is 9.59. The predicted octanol–water partition coefficient (Wildman–Crippen LogP) is 2.00. The molecule has 0 saturated carbocycles. The molecule has 102 valence electrons. The van der Waals surface area contributed by atoms with Crippen molar-refractivity contribution in [3.05, 3.63) is 0 Å². The van der Waals surface area contributed by atoms with E-state index in [1.807, 2.05) is 0 Å². The van der Waals surface area contributed by atoms with E-state index in [1.54, 1.807) is 0 Å². The molecule has 0 heterocycles. The summed E-state index contributed by atoms with van der Waals surface area (Å²) in [5, 5.41) is 8.33. The summed E-state index contributed by atoms with van der Waals surface area (Å²) in [5.74, 6) is -1.17. The van der Waals surface area contributed by atoms with Crippen molar-refractivity contribution < 1.29 is 28.4 Å².